The van der Waals surface area contributed by atoms with Crippen molar-refractivity contribution in [1.82, 2.24) is 10.6 Å². The maximum absolute atomic E-state index is 12.1. The van der Waals surface area contributed by atoms with Gasteiger partial charge in [-0.3, -0.25) is 0 Å². The summed E-state index contributed by atoms with van der Waals surface area (Å²) in [5, 5.41) is 5.80. The minimum absolute atomic E-state index is 0. The summed E-state index contributed by atoms with van der Waals surface area (Å²) in [5.74, 6) is 0. The smallest absolute Gasteiger partial charge is 0.407 e. The Morgan fingerprint density at radius 2 is 1.48 bits per heavy atom. The van der Waals surface area contributed by atoms with Crippen molar-refractivity contribution in [3.63, 3.8) is 0 Å². The SMILES string of the molecule is C.C=CCOCCOC(=O)NCC1(C)CC(NC(=O)OCCOCC=C)CC(C)(C)C1. The Morgan fingerprint density at radius 1 is 0.935 bits per heavy atom. The van der Waals surface area contributed by atoms with Crippen molar-refractivity contribution in [3.8, 4) is 0 Å². The van der Waals surface area contributed by atoms with E-state index in [0.29, 0.717) is 33.0 Å². The monoisotopic (exact) mass is 442 g/mol. The van der Waals surface area contributed by atoms with Gasteiger partial charge in [-0.15, -0.1) is 13.2 Å². The molecule has 0 radical (unpaired) electrons. The van der Waals surface area contributed by atoms with Gasteiger partial charge in [0.2, 0.25) is 0 Å². The minimum atomic E-state index is -0.467. The highest BCUT2D eigenvalue weighted by molar-refractivity contribution is 5.68. The Morgan fingerprint density at radius 3 is 2.03 bits per heavy atom. The van der Waals surface area contributed by atoms with Crippen LogP contribution in [-0.2, 0) is 18.9 Å². The molecule has 1 rings (SSSR count). The average molecular weight is 443 g/mol. The van der Waals surface area contributed by atoms with Crippen LogP contribution in [0.3, 0.4) is 0 Å². The maximum Gasteiger partial charge on any atom is 0.407 e. The number of alkyl carbamates (subject to hydrolysis) is 2. The highest BCUT2D eigenvalue weighted by Gasteiger charge is 2.42. The predicted octanol–water partition coefficient (Wildman–Crippen LogP) is 4.07. The van der Waals surface area contributed by atoms with Crippen LogP contribution in [0.2, 0.25) is 0 Å². The first-order chi connectivity index (χ1) is 14.2. The zero-order valence-electron chi connectivity index (χ0n) is 18.7. The molecule has 0 spiro atoms. The molecule has 1 fully saturated rings. The first-order valence-corrected chi connectivity index (χ1v) is 10.4. The summed E-state index contributed by atoms with van der Waals surface area (Å²) in [6.45, 7) is 15.9. The molecule has 0 aromatic carbocycles. The molecule has 2 amide bonds. The number of hydrogen-bond acceptors (Lipinski definition) is 6. The lowest BCUT2D eigenvalue weighted by Crippen LogP contribution is -2.50. The number of amides is 2. The molecule has 2 N–H and O–H groups in total. The minimum Gasteiger partial charge on any atom is -0.447 e. The van der Waals surface area contributed by atoms with Gasteiger partial charge >= 0.3 is 12.2 Å². The lowest BCUT2D eigenvalue weighted by molar-refractivity contribution is 0.0525. The summed E-state index contributed by atoms with van der Waals surface area (Å²) < 4.78 is 20.7. The van der Waals surface area contributed by atoms with Crippen molar-refractivity contribution < 1.29 is 28.5 Å². The van der Waals surface area contributed by atoms with Gasteiger partial charge in [0.05, 0.1) is 26.4 Å². The van der Waals surface area contributed by atoms with E-state index < -0.39 is 12.2 Å². The third-order valence-electron chi connectivity index (χ3n) is 4.82. The van der Waals surface area contributed by atoms with E-state index in [1.807, 2.05) is 0 Å². The van der Waals surface area contributed by atoms with Crippen LogP contribution in [0.15, 0.2) is 25.3 Å². The number of ether oxygens (including phenoxy) is 4. The molecule has 31 heavy (non-hydrogen) atoms. The molecule has 8 heteroatoms. The van der Waals surface area contributed by atoms with Crippen LogP contribution in [0.4, 0.5) is 9.59 Å². The summed E-state index contributed by atoms with van der Waals surface area (Å²) in [6.07, 6.45) is 4.87. The van der Waals surface area contributed by atoms with E-state index in [9.17, 15) is 9.59 Å². The second kappa shape index (κ2) is 14.9. The van der Waals surface area contributed by atoms with E-state index in [1.54, 1.807) is 12.2 Å². The normalized spacial score (nSPS) is 21.8. The zero-order valence-corrected chi connectivity index (χ0v) is 18.7. The van der Waals surface area contributed by atoms with Gasteiger partial charge in [-0.05, 0) is 30.1 Å². The van der Waals surface area contributed by atoms with Gasteiger partial charge in [0, 0.05) is 12.6 Å². The number of hydrogen-bond donors (Lipinski definition) is 2. The number of carbonyl (C=O) groups excluding carboxylic acids is 2. The second-order valence-electron chi connectivity index (χ2n) is 8.75. The number of nitrogens with one attached hydrogen (secondary N) is 2. The molecule has 8 nitrogen and oxygen atoms in total. The van der Waals surface area contributed by atoms with Gasteiger partial charge in [0.1, 0.15) is 13.2 Å². The molecular weight excluding hydrogens is 400 g/mol. The summed E-state index contributed by atoms with van der Waals surface area (Å²) in [7, 11) is 0. The third-order valence-corrected chi connectivity index (χ3v) is 4.82. The molecule has 0 aliphatic heterocycles. The summed E-state index contributed by atoms with van der Waals surface area (Å²) >= 11 is 0. The van der Waals surface area contributed by atoms with E-state index in [2.05, 4.69) is 44.6 Å². The van der Waals surface area contributed by atoms with Crippen molar-refractivity contribution in [3.05, 3.63) is 25.3 Å². The quantitative estimate of drug-likeness (QED) is 0.330. The van der Waals surface area contributed by atoms with E-state index in [4.69, 9.17) is 18.9 Å². The van der Waals surface area contributed by atoms with Crippen LogP contribution in [-0.4, -0.2) is 64.4 Å². The van der Waals surface area contributed by atoms with E-state index >= 15 is 0 Å². The van der Waals surface area contributed by atoms with Crippen LogP contribution in [0, 0.1) is 10.8 Å². The summed E-state index contributed by atoms with van der Waals surface area (Å²) in [6, 6.07) is -0.0366. The lowest BCUT2D eigenvalue weighted by atomic mass is 9.62. The topological polar surface area (TPSA) is 95.1 Å². The Labute approximate surface area is 187 Å². The van der Waals surface area contributed by atoms with Crippen LogP contribution in [0.5, 0.6) is 0 Å². The van der Waals surface area contributed by atoms with E-state index in [-0.39, 0.29) is 37.5 Å². The highest BCUT2D eigenvalue weighted by Crippen LogP contribution is 2.45. The molecule has 0 bridgehead atoms. The Kier molecular flexibility index (Phi) is 13.9. The van der Waals surface area contributed by atoms with E-state index in [1.165, 1.54) is 0 Å². The first-order valence-electron chi connectivity index (χ1n) is 10.4. The largest absolute Gasteiger partial charge is 0.447 e. The van der Waals surface area contributed by atoms with Gasteiger partial charge in [-0.2, -0.15) is 0 Å². The fraction of sp³-hybridized carbons (Fsp3) is 0.739. The molecule has 0 aromatic heterocycles. The molecule has 1 aliphatic carbocycles. The van der Waals surface area contributed by atoms with Crippen molar-refractivity contribution in [1.29, 1.82) is 0 Å². The van der Waals surface area contributed by atoms with E-state index in [0.717, 1.165) is 19.3 Å². The molecule has 1 saturated carbocycles. The van der Waals surface area contributed by atoms with Gasteiger partial charge in [-0.25, -0.2) is 9.59 Å². The predicted molar refractivity (Wildman–Crippen MR) is 122 cm³/mol. The van der Waals surface area contributed by atoms with Gasteiger partial charge in [0.15, 0.2) is 0 Å². The molecule has 0 aromatic rings. The van der Waals surface area contributed by atoms with Gasteiger partial charge < -0.3 is 29.6 Å². The molecular formula is C23H42N2O6. The second-order valence-corrected chi connectivity index (χ2v) is 8.75. The molecule has 2 unspecified atom stereocenters. The van der Waals surface area contributed by atoms with Gasteiger partial charge in [0.25, 0.3) is 0 Å². The van der Waals surface area contributed by atoms with Crippen LogP contribution in [0.25, 0.3) is 0 Å². The summed E-state index contributed by atoms with van der Waals surface area (Å²) in [4.78, 5) is 24.1. The Hall–Kier alpha value is -2.06. The standard InChI is InChI=1S/C22H38N2O6.CH4/c1-6-8-27-10-12-29-19(25)23-17-22(5)15-18(14-21(3,4)16-22)24-20(26)30-13-11-28-9-7-2;/h6-7,18H,1-2,8-17H2,3-5H3,(H,23,25)(H,24,26);1H4. The van der Waals surface area contributed by atoms with Crippen LogP contribution >= 0.6 is 0 Å². The highest BCUT2D eigenvalue weighted by atomic mass is 16.6. The number of rotatable bonds is 13. The van der Waals surface area contributed by atoms with Crippen molar-refractivity contribution in [2.24, 2.45) is 10.8 Å². The van der Waals surface area contributed by atoms with Crippen molar-refractivity contribution in [2.45, 2.75) is 53.5 Å². The van der Waals surface area contributed by atoms with Gasteiger partial charge in [-0.1, -0.05) is 40.3 Å². The molecule has 0 saturated heterocycles. The Bertz CT molecular complexity index is 566. The maximum atomic E-state index is 12.1. The third kappa shape index (κ3) is 13.1. The molecule has 1 aliphatic rings. The summed E-state index contributed by atoms with van der Waals surface area (Å²) in [5.41, 5.74) is -0.159. The van der Waals surface area contributed by atoms with Crippen molar-refractivity contribution in [2.75, 3.05) is 46.2 Å². The number of carbonyl (C=O) groups is 2. The van der Waals surface area contributed by atoms with Crippen LogP contribution in [0.1, 0.15) is 47.5 Å². The lowest BCUT2D eigenvalue weighted by Gasteiger charge is -2.46. The molecule has 180 valence electrons. The fourth-order valence-corrected chi connectivity index (χ4v) is 4.14. The van der Waals surface area contributed by atoms with Crippen LogP contribution < -0.4 is 10.6 Å². The first kappa shape index (κ1) is 28.9. The molecule has 0 heterocycles. The fourth-order valence-electron chi connectivity index (χ4n) is 4.14. The molecule has 2 atom stereocenters. The van der Waals surface area contributed by atoms with Crippen molar-refractivity contribution >= 4 is 12.2 Å². The zero-order chi connectivity index (χ0) is 22.5. The average Bonchev–Trinajstić information content (AvgIpc) is 2.64. The Balaban J connectivity index is 0.00000900.